The van der Waals surface area contributed by atoms with Gasteiger partial charge >= 0.3 is 0 Å². The highest BCUT2D eigenvalue weighted by atomic mass is 16.3. The molecule has 3 atom stereocenters. The van der Waals surface area contributed by atoms with Gasteiger partial charge < -0.3 is 15.5 Å². The van der Waals surface area contributed by atoms with Gasteiger partial charge in [-0.15, -0.1) is 0 Å². The second kappa shape index (κ2) is 3.08. The lowest BCUT2D eigenvalue weighted by Crippen LogP contribution is -2.57. The standard InChI is InChI=1S/C10H17NO2/c1-2-3-7-9(13)8(12)6-11-10(7)4-5-10/h2-3,7-9,11-13H,4-6H2,1H3/b3-2-/t7-,8-,9-/m1/s1. The van der Waals surface area contributed by atoms with Gasteiger partial charge in [0, 0.05) is 18.0 Å². The zero-order valence-corrected chi connectivity index (χ0v) is 7.90. The summed E-state index contributed by atoms with van der Waals surface area (Å²) in [7, 11) is 0. The third-order valence-corrected chi connectivity index (χ3v) is 3.25. The summed E-state index contributed by atoms with van der Waals surface area (Å²) >= 11 is 0. The first-order valence-corrected chi connectivity index (χ1v) is 4.93. The highest BCUT2D eigenvalue weighted by Crippen LogP contribution is 2.46. The van der Waals surface area contributed by atoms with E-state index < -0.39 is 12.2 Å². The van der Waals surface area contributed by atoms with Crippen LogP contribution in [0.25, 0.3) is 0 Å². The Morgan fingerprint density at radius 2 is 2.08 bits per heavy atom. The molecule has 3 heteroatoms. The van der Waals surface area contributed by atoms with Gasteiger partial charge in [0.15, 0.2) is 0 Å². The topological polar surface area (TPSA) is 52.5 Å². The van der Waals surface area contributed by atoms with Crippen molar-refractivity contribution in [2.45, 2.75) is 37.5 Å². The molecular formula is C10H17NO2. The van der Waals surface area contributed by atoms with Gasteiger partial charge in [0.25, 0.3) is 0 Å². The van der Waals surface area contributed by atoms with Gasteiger partial charge in [0.05, 0.1) is 12.2 Å². The first kappa shape index (κ1) is 9.19. The van der Waals surface area contributed by atoms with Crippen molar-refractivity contribution in [1.29, 1.82) is 0 Å². The SMILES string of the molecule is C/C=C\[C@@H]1[C@@H](O)[C@H](O)CNC12CC2. The summed E-state index contributed by atoms with van der Waals surface area (Å²) < 4.78 is 0. The number of piperidine rings is 1. The van der Waals surface area contributed by atoms with E-state index >= 15 is 0 Å². The molecule has 0 unspecified atom stereocenters. The van der Waals surface area contributed by atoms with E-state index in [4.69, 9.17) is 0 Å². The number of aliphatic hydroxyl groups excluding tert-OH is 2. The molecule has 1 aliphatic heterocycles. The van der Waals surface area contributed by atoms with E-state index in [-0.39, 0.29) is 11.5 Å². The van der Waals surface area contributed by atoms with E-state index in [0.717, 1.165) is 12.8 Å². The Morgan fingerprint density at radius 3 is 2.62 bits per heavy atom. The van der Waals surface area contributed by atoms with E-state index in [9.17, 15) is 10.2 Å². The van der Waals surface area contributed by atoms with Crippen molar-refractivity contribution in [3.63, 3.8) is 0 Å². The molecular weight excluding hydrogens is 166 g/mol. The van der Waals surface area contributed by atoms with Gasteiger partial charge in [-0.3, -0.25) is 0 Å². The molecule has 0 radical (unpaired) electrons. The second-order valence-corrected chi connectivity index (χ2v) is 4.15. The summed E-state index contributed by atoms with van der Waals surface area (Å²) in [6, 6.07) is 0. The summed E-state index contributed by atoms with van der Waals surface area (Å²) in [4.78, 5) is 0. The predicted molar refractivity (Wildman–Crippen MR) is 50.3 cm³/mol. The predicted octanol–water partition coefficient (Wildman–Crippen LogP) is 0.0363. The molecule has 2 aliphatic rings. The number of β-amino-alcohol motifs (C(OH)–C–C–N with tert-alkyl or cyclic N) is 1. The number of aliphatic hydroxyl groups is 2. The average Bonchev–Trinajstić information content (AvgIpc) is 2.88. The Morgan fingerprint density at radius 1 is 1.38 bits per heavy atom. The minimum Gasteiger partial charge on any atom is -0.390 e. The third-order valence-electron chi connectivity index (χ3n) is 3.25. The summed E-state index contributed by atoms with van der Waals surface area (Å²) in [6.45, 7) is 2.47. The van der Waals surface area contributed by atoms with E-state index in [1.165, 1.54) is 0 Å². The molecule has 1 saturated carbocycles. The van der Waals surface area contributed by atoms with Crippen molar-refractivity contribution in [2.75, 3.05) is 6.54 Å². The van der Waals surface area contributed by atoms with Crippen LogP contribution in [0.15, 0.2) is 12.2 Å². The second-order valence-electron chi connectivity index (χ2n) is 4.15. The van der Waals surface area contributed by atoms with Crippen LogP contribution in [-0.4, -0.2) is 34.5 Å². The molecule has 0 aromatic heterocycles. The van der Waals surface area contributed by atoms with Gasteiger partial charge in [0.2, 0.25) is 0 Å². The van der Waals surface area contributed by atoms with Crippen molar-refractivity contribution < 1.29 is 10.2 Å². The fraction of sp³-hybridized carbons (Fsp3) is 0.800. The molecule has 74 valence electrons. The first-order chi connectivity index (χ1) is 6.19. The van der Waals surface area contributed by atoms with Gasteiger partial charge in [-0.05, 0) is 19.8 Å². The summed E-state index contributed by atoms with van der Waals surface area (Å²) in [5.41, 5.74) is 0.102. The van der Waals surface area contributed by atoms with Crippen LogP contribution in [-0.2, 0) is 0 Å². The number of rotatable bonds is 1. The molecule has 0 bridgehead atoms. The molecule has 1 heterocycles. The Labute approximate surface area is 78.5 Å². The maximum absolute atomic E-state index is 9.80. The van der Waals surface area contributed by atoms with Crippen molar-refractivity contribution >= 4 is 0 Å². The summed E-state index contributed by atoms with van der Waals surface area (Å²) in [5, 5.41) is 22.6. The Hall–Kier alpha value is -0.380. The zero-order valence-electron chi connectivity index (χ0n) is 7.90. The maximum Gasteiger partial charge on any atom is 0.0929 e. The van der Waals surface area contributed by atoms with Gasteiger partial charge in [-0.2, -0.15) is 0 Å². The van der Waals surface area contributed by atoms with Crippen molar-refractivity contribution in [3.8, 4) is 0 Å². The maximum atomic E-state index is 9.80. The molecule has 3 nitrogen and oxygen atoms in total. The van der Waals surface area contributed by atoms with Crippen LogP contribution in [0.1, 0.15) is 19.8 Å². The van der Waals surface area contributed by atoms with Crippen LogP contribution in [0.4, 0.5) is 0 Å². The van der Waals surface area contributed by atoms with Gasteiger partial charge in [0.1, 0.15) is 0 Å². The summed E-state index contributed by atoms with van der Waals surface area (Å²) in [6.07, 6.45) is 4.98. The number of nitrogens with one attached hydrogen (secondary N) is 1. The minimum atomic E-state index is -0.618. The number of allylic oxidation sites excluding steroid dienone is 1. The monoisotopic (exact) mass is 183 g/mol. The molecule has 0 aromatic carbocycles. The lowest BCUT2D eigenvalue weighted by Gasteiger charge is -2.38. The Balaban J connectivity index is 2.15. The molecule has 1 saturated heterocycles. The molecule has 13 heavy (non-hydrogen) atoms. The van der Waals surface area contributed by atoms with Gasteiger partial charge in [-0.25, -0.2) is 0 Å². The van der Waals surface area contributed by atoms with Crippen LogP contribution in [0.2, 0.25) is 0 Å². The lowest BCUT2D eigenvalue weighted by molar-refractivity contribution is -0.0421. The third kappa shape index (κ3) is 1.41. The molecule has 1 spiro atoms. The van der Waals surface area contributed by atoms with E-state index in [1.807, 2.05) is 19.1 Å². The minimum absolute atomic E-state index is 0.0845. The smallest absolute Gasteiger partial charge is 0.0929 e. The van der Waals surface area contributed by atoms with Gasteiger partial charge in [-0.1, -0.05) is 12.2 Å². The molecule has 0 amide bonds. The van der Waals surface area contributed by atoms with E-state index in [0.29, 0.717) is 6.54 Å². The normalized spacial score (nSPS) is 42.8. The van der Waals surface area contributed by atoms with Crippen LogP contribution in [0, 0.1) is 5.92 Å². The average molecular weight is 183 g/mol. The quantitative estimate of drug-likeness (QED) is 0.503. The van der Waals surface area contributed by atoms with E-state index in [1.54, 1.807) is 0 Å². The van der Waals surface area contributed by atoms with Crippen LogP contribution < -0.4 is 5.32 Å². The van der Waals surface area contributed by atoms with Crippen molar-refractivity contribution in [2.24, 2.45) is 5.92 Å². The van der Waals surface area contributed by atoms with Crippen LogP contribution in [0.3, 0.4) is 0 Å². The van der Waals surface area contributed by atoms with E-state index in [2.05, 4.69) is 5.32 Å². The molecule has 2 rings (SSSR count). The zero-order chi connectivity index (χ0) is 9.47. The highest BCUT2D eigenvalue weighted by molar-refractivity contribution is 5.18. The Kier molecular flexibility index (Phi) is 2.18. The van der Waals surface area contributed by atoms with Crippen molar-refractivity contribution in [3.05, 3.63) is 12.2 Å². The molecule has 3 N–H and O–H groups in total. The molecule has 1 aliphatic carbocycles. The summed E-state index contributed by atoms with van der Waals surface area (Å²) in [5.74, 6) is 0.0845. The van der Waals surface area contributed by atoms with Crippen LogP contribution in [0.5, 0.6) is 0 Å². The fourth-order valence-electron chi connectivity index (χ4n) is 2.26. The number of hydrogen-bond donors (Lipinski definition) is 3. The lowest BCUT2D eigenvalue weighted by atomic mass is 9.84. The van der Waals surface area contributed by atoms with Crippen molar-refractivity contribution in [1.82, 2.24) is 5.32 Å². The Bertz CT molecular complexity index is 223. The molecule has 0 aromatic rings. The fourth-order valence-corrected chi connectivity index (χ4v) is 2.26. The number of hydrogen-bond acceptors (Lipinski definition) is 3. The molecule has 2 fully saturated rings. The van der Waals surface area contributed by atoms with Crippen LogP contribution >= 0.6 is 0 Å². The largest absolute Gasteiger partial charge is 0.390 e. The first-order valence-electron chi connectivity index (χ1n) is 4.93. The highest BCUT2D eigenvalue weighted by Gasteiger charge is 2.54.